The van der Waals surface area contributed by atoms with Gasteiger partial charge in [-0.1, -0.05) is 36.4 Å². The number of nitrogens with one attached hydrogen (secondary N) is 2. The van der Waals surface area contributed by atoms with Gasteiger partial charge < -0.3 is 15.5 Å². The van der Waals surface area contributed by atoms with Gasteiger partial charge >= 0.3 is 0 Å². The van der Waals surface area contributed by atoms with Gasteiger partial charge in [-0.15, -0.1) is 0 Å². The van der Waals surface area contributed by atoms with E-state index in [4.69, 9.17) is 0 Å². The van der Waals surface area contributed by atoms with Gasteiger partial charge in [-0.25, -0.2) is 0 Å². The minimum Gasteiger partial charge on any atom is -0.355 e. The predicted molar refractivity (Wildman–Crippen MR) is 118 cm³/mol. The molecule has 2 aromatic rings. The minimum atomic E-state index is 0.0160. The van der Waals surface area contributed by atoms with Gasteiger partial charge in [-0.05, 0) is 35.2 Å². The van der Waals surface area contributed by atoms with E-state index in [1.807, 2.05) is 24.3 Å². The molecule has 0 unspecified atom stereocenters. The highest BCUT2D eigenvalue weighted by Gasteiger charge is 2.15. The molecule has 0 fully saturated rings. The summed E-state index contributed by atoms with van der Waals surface area (Å²) in [7, 11) is 5.30. The lowest BCUT2D eigenvalue weighted by Crippen LogP contribution is -2.42. The minimum absolute atomic E-state index is 0.0160. The predicted octanol–water partition coefficient (Wildman–Crippen LogP) is 2.11. The van der Waals surface area contributed by atoms with Crippen LogP contribution in [0.3, 0.4) is 0 Å². The van der Waals surface area contributed by atoms with E-state index in [0.717, 1.165) is 44.1 Å². The average molecular weight is 394 g/mol. The third-order valence-corrected chi connectivity index (χ3v) is 5.22. The first-order valence-electron chi connectivity index (χ1n) is 10.1. The molecule has 0 saturated heterocycles. The second-order valence-corrected chi connectivity index (χ2v) is 7.54. The number of rotatable bonds is 6. The summed E-state index contributed by atoms with van der Waals surface area (Å²) in [5, 5.41) is 6.73. The molecule has 1 heterocycles. The van der Waals surface area contributed by atoms with E-state index in [0.29, 0.717) is 12.1 Å². The molecule has 0 saturated carbocycles. The fourth-order valence-electron chi connectivity index (χ4n) is 3.51. The number of amides is 1. The van der Waals surface area contributed by atoms with Crippen LogP contribution in [0.4, 0.5) is 0 Å². The van der Waals surface area contributed by atoms with E-state index >= 15 is 0 Å². The Kier molecular flexibility index (Phi) is 7.25. The van der Waals surface area contributed by atoms with Crippen LogP contribution < -0.4 is 10.6 Å². The molecule has 1 aliphatic heterocycles. The van der Waals surface area contributed by atoms with Gasteiger partial charge in [0.1, 0.15) is 0 Å². The Morgan fingerprint density at radius 1 is 1.07 bits per heavy atom. The van der Waals surface area contributed by atoms with Crippen LogP contribution in [0.15, 0.2) is 53.5 Å². The van der Waals surface area contributed by atoms with Gasteiger partial charge in [0, 0.05) is 59.4 Å². The average Bonchev–Trinajstić information content (AvgIpc) is 2.75. The van der Waals surface area contributed by atoms with Crippen molar-refractivity contribution in [2.45, 2.75) is 19.5 Å². The lowest BCUT2D eigenvalue weighted by atomic mass is 10.00. The number of fused-ring (bicyclic) bond motifs is 1. The maximum atomic E-state index is 12.0. The Morgan fingerprint density at radius 3 is 2.48 bits per heavy atom. The SMILES string of the molecule is CN=C(NCCN1CCc2ccccc2C1)NCc1ccc(C(=O)N(C)C)cc1. The molecule has 1 amide bonds. The standard InChI is InChI=1S/C23H31N5O/c1-24-23(26-16-18-8-10-20(11-9-18)22(29)27(2)3)25-13-15-28-14-12-19-6-4-5-7-21(19)17-28/h4-11H,12-17H2,1-3H3,(H2,24,25,26). The van der Waals surface area contributed by atoms with Gasteiger partial charge in [0.2, 0.25) is 0 Å². The van der Waals surface area contributed by atoms with Gasteiger partial charge in [-0.2, -0.15) is 0 Å². The molecular weight excluding hydrogens is 362 g/mol. The van der Waals surface area contributed by atoms with Crippen LogP contribution in [0.5, 0.6) is 0 Å². The highest BCUT2D eigenvalue weighted by atomic mass is 16.2. The van der Waals surface area contributed by atoms with Crippen LogP contribution in [-0.2, 0) is 19.5 Å². The van der Waals surface area contributed by atoms with Crippen molar-refractivity contribution in [2.75, 3.05) is 40.8 Å². The lowest BCUT2D eigenvalue weighted by molar-refractivity contribution is 0.0827. The molecule has 0 spiro atoms. The van der Waals surface area contributed by atoms with Gasteiger partial charge in [0.15, 0.2) is 5.96 Å². The summed E-state index contributed by atoms with van der Waals surface area (Å²) in [5.74, 6) is 0.804. The molecule has 0 aromatic heterocycles. The molecule has 29 heavy (non-hydrogen) atoms. The largest absolute Gasteiger partial charge is 0.355 e. The molecular formula is C23H31N5O. The van der Waals surface area contributed by atoms with Crippen LogP contribution in [0, 0.1) is 0 Å². The highest BCUT2D eigenvalue weighted by Crippen LogP contribution is 2.17. The summed E-state index contributed by atoms with van der Waals surface area (Å²) in [4.78, 5) is 20.3. The highest BCUT2D eigenvalue weighted by molar-refractivity contribution is 5.93. The summed E-state index contributed by atoms with van der Waals surface area (Å²) >= 11 is 0. The molecule has 2 N–H and O–H groups in total. The molecule has 3 rings (SSSR count). The zero-order valence-corrected chi connectivity index (χ0v) is 17.6. The summed E-state index contributed by atoms with van der Waals surface area (Å²) in [5.41, 5.74) is 4.73. The first kappa shape index (κ1) is 20.9. The second-order valence-electron chi connectivity index (χ2n) is 7.54. The number of carbonyl (C=O) groups is 1. The zero-order valence-electron chi connectivity index (χ0n) is 17.6. The van der Waals surface area contributed by atoms with Crippen molar-refractivity contribution >= 4 is 11.9 Å². The molecule has 0 atom stereocenters. The van der Waals surface area contributed by atoms with Crippen LogP contribution >= 0.6 is 0 Å². The second kappa shape index (κ2) is 10.1. The van der Waals surface area contributed by atoms with Crippen LogP contribution in [-0.4, -0.2) is 62.4 Å². The maximum absolute atomic E-state index is 12.0. The summed E-state index contributed by atoms with van der Waals surface area (Å²) in [6, 6.07) is 16.4. The Morgan fingerprint density at radius 2 is 1.79 bits per heavy atom. The summed E-state index contributed by atoms with van der Waals surface area (Å²) in [6.45, 7) is 4.60. The third-order valence-electron chi connectivity index (χ3n) is 5.22. The van der Waals surface area contributed by atoms with E-state index in [-0.39, 0.29) is 5.91 Å². The van der Waals surface area contributed by atoms with E-state index in [2.05, 4.69) is 44.8 Å². The van der Waals surface area contributed by atoms with E-state index in [1.54, 1.807) is 26.0 Å². The third kappa shape index (κ3) is 5.81. The Hall–Kier alpha value is -2.86. The van der Waals surface area contributed by atoms with Gasteiger partial charge in [0.25, 0.3) is 5.91 Å². The van der Waals surface area contributed by atoms with Crippen LogP contribution in [0.25, 0.3) is 0 Å². The van der Waals surface area contributed by atoms with Crippen molar-refractivity contribution in [1.82, 2.24) is 20.4 Å². The summed E-state index contributed by atoms with van der Waals surface area (Å²) < 4.78 is 0. The number of aliphatic imine (C=N–C) groups is 1. The van der Waals surface area contributed by atoms with Gasteiger partial charge in [-0.3, -0.25) is 14.7 Å². The Bertz CT molecular complexity index is 845. The topological polar surface area (TPSA) is 60.0 Å². The van der Waals surface area contributed by atoms with Crippen molar-refractivity contribution in [1.29, 1.82) is 0 Å². The molecule has 0 bridgehead atoms. The quantitative estimate of drug-likeness (QED) is 0.583. The molecule has 154 valence electrons. The number of guanidine groups is 1. The lowest BCUT2D eigenvalue weighted by Gasteiger charge is -2.28. The smallest absolute Gasteiger partial charge is 0.253 e. The molecule has 0 radical (unpaired) electrons. The number of benzene rings is 2. The van der Waals surface area contributed by atoms with E-state index in [1.165, 1.54) is 11.1 Å². The van der Waals surface area contributed by atoms with Crippen molar-refractivity contribution < 1.29 is 4.79 Å². The zero-order chi connectivity index (χ0) is 20.6. The van der Waals surface area contributed by atoms with Crippen molar-refractivity contribution in [3.63, 3.8) is 0 Å². The number of hydrogen-bond acceptors (Lipinski definition) is 3. The molecule has 1 aliphatic rings. The Labute approximate surface area is 173 Å². The first-order chi connectivity index (χ1) is 14.1. The fraction of sp³-hybridized carbons (Fsp3) is 0.391. The maximum Gasteiger partial charge on any atom is 0.253 e. The number of hydrogen-bond donors (Lipinski definition) is 2. The summed E-state index contributed by atoms with van der Waals surface area (Å²) in [6.07, 6.45) is 1.12. The van der Waals surface area contributed by atoms with Gasteiger partial charge in [0.05, 0.1) is 0 Å². The van der Waals surface area contributed by atoms with Crippen LogP contribution in [0.1, 0.15) is 27.0 Å². The van der Waals surface area contributed by atoms with Crippen molar-refractivity contribution in [3.05, 3.63) is 70.8 Å². The molecule has 0 aliphatic carbocycles. The van der Waals surface area contributed by atoms with E-state index in [9.17, 15) is 4.79 Å². The molecule has 2 aromatic carbocycles. The van der Waals surface area contributed by atoms with E-state index < -0.39 is 0 Å². The monoisotopic (exact) mass is 393 g/mol. The number of carbonyl (C=O) groups excluding carboxylic acids is 1. The fourth-order valence-corrected chi connectivity index (χ4v) is 3.51. The number of nitrogens with zero attached hydrogens (tertiary/aromatic N) is 3. The first-order valence-corrected chi connectivity index (χ1v) is 10.1. The van der Waals surface area contributed by atoms with Crippen LogP contribution in [0.2, 0.25) is 0 Å². The Balaban J connectivity index is 1.41. The normalized spacial score (nSPS) is 14.2. The molecule has 6 nitrogen and oxygen atoms in total. The van der Waals surface area contributed by atoms with Crippen molar-refractivity contribution in [3.8, 4) is 0 Å². The van der Waals surface area contributed by atoms with Crippen molar-refractivity contribution in [2.24, 2.45) is 4.99 Å². The molecule has 6 heteroatoms.